The van der Waals surface area contributed by atoms with Gasteiger partial charge >= 0.3 is 0 Å². The molecule has 0 bridgehead atoms. The van der Waals surface area contributed by atoms with Crippen LogP contribution < -0.4 is 0 Å². The van der Waals surface area contributed by atoms with Crippen molar-refractivity contribution in [2.75, 3.05) is 20.1 Å². The van der Waals surface area contributed by atoms with E-state index in [0.29, 0.717) is 0 Å². The summed E-state index contributed by atoms with van der Waals surface area (Å²) < 4.78 is 0. The fourth-order valence-electron chi connectivity index (χ4n) is 1.47. The highest BCUT2D eigenvalue weighted by atomic mass is 16.3. The van der Waals surface area contributed by atoms with Gasteiger partial charge in [-0.1, -0.05) is 0 Å². The minimum absolute atomic E-state index is 0.538. The molecule has 1 rings (SSSR count). The average Bonchev–Trinajstić information content (AvgIpc) is 2.42. The minimum Gasteiger partial charge on any atom is -0.389 e. The molecule has 1 saturated carbocycles. The van der Waals surface area contributed by atoms with Gasteiger partial charge in [-0.25, -0.2) is 0 Å². The van der Waals surface area contributed by atoms with Crippen LogP contribution in [-0.2, 0) is 0 Å². The molecular weight excluding hydrogens is 138 g/mol. The Bertz CT molecular complexity index is 124. The summed E-state index contributed by atoms with van der Waals surface area (Å²) in [6.45, 7) is 5.65. The van der Waals surface area contributed by atoms with E-state index in [4.69, 9.17) is 0 Å². The Morgan fingerprint density at radius 2 is 2.00 bits per heavy atom. The Labute approximate surface area is 69.2 Å². The molecule has 0 heterocycles. The molecule has 0 aliphatic heterocycles. The standard InChI is InChI=1S/C9H19NO/c1-9(2,11)7-10(3)6-8-4-5-8/h8,11H,4-7H2,1-3H3. The van der Waals surface area contributed by atoms with E-state index in [1.807, 2.05) is 13.8 Å². The molecule has 1 aliphatic rings. The number of nitrogens with zero attached hydrogens (tertiary/aromatic N) is 1. The van der Waals surface area contributed by atoms with Gasteiger partial charge in [-0.05, 0) is 39.7 Å². The summed E-state index contributed by atoms with van der Waals surface area (Å²) in [6.07, 6.45) is 2.77. The summed E-state index contributed by atoms with van der Waals surface area (Å²) in [5.74, 6) is 0.919. The first-order valence-electron chi connectivity index (χ1n) is 4.38. The van der Waals surface area contributed by atoms with E-state index >= 15 is 0 Å². The van der Waals surface area contributed by atoms with E-state index in [1.165, 1.54) is 12.8 Å². The number of hydrogen-bond acceptors (Lipinski definition) is 2. The highest BCUT2D eigenvalue weighted by molar-refractivity contribution is 4.78. The van der Waals surface area contributed by atoms with E-state index in [9.17, 15) is 5.11 Å². The van der Waals surface area contributed by atoms with Gasteiger partial charge in [-0.3, -0.25) is 0 Å². The predicted molar refractivity (Wildman–Crippen MR) is 46.5 cm³/mol. The molecular formula is C9H19NO. The lowest BCUT2D eigenvalue weighted by Gasteiger charge is -2.25. The first-order chi connectivity index (χ1) is 4.97. The molecule has 11 heavy (non-hydrogen) atoms. The maximum absolute atomic E-state index is 9.48. The molecule has 1 N–H and O–H groups in total. The number of hydrogen-bond donors (Lipinski definition) is 1. The molecule has 0 aromatic rings. The second-order valence-corrected chi connectivity index (χ2v) is 4.45. The molecule has 2 nitrogen and oxygen atoms in total. The molecule has 0 unspecified atom stereocenters. The number of rotatable bonds is 4. The Kier molecular flexibility index (Phi) is 2.55. The van der Waals surface area contributed by atoms with Crippen LogP contribution in [0.3, 0.4) is 0 Å². The highest BCUT2D eigenvalue weighted by Gasteiger charge is 2.24. The molecule has 0 atom stereocenters. The van der Waals surface area contributed by atoms with Crippen LogP contribution in [0.2, 0.25) is 0 Å². The highest BCUT2D eigenvalue weighted by Crippen LogP contribution is 2.29. The quantitative estimate of drug-likeness (QED) is 0.660. The summed E-state index contributed by atoms with van der Waals surface area (Å²) in [7, 11) is 2.08. The zero-order valence-corrected chi connectivity index (χ0v) is 7.80. The van der Waals surface area contributed by atoms with Gasteiger partial charge < -0.3 is 10.0 Å². The number of aliphatic hydroxyl groups is 1. The van der Waals surface area contributed by atoms with Gasteiger partial charge in [-0.2, -0.15) is 0 Å². The van der Waals surface area contributed by atoms with Crippen LogP contribution in [0.15, 0.2) is 0 Å². The summed E-state index contributed by atoms with van der Waals surface area (Å²) in [5.41, 5.74) is -0.538. The SMILES string of the molecule is CN(CC1CC1)CC(C)(C)O. The van der Waals surface area contributed by atoms with Crippen LogP contribution in [0.25, 0.3) is 0 Å². The average molecular weight is 157 g/mol. The summed E-state index contributed by atoms with van der Waals surface area (Å²) in [4.78, 5) is 2.22. The van der Waals surface area contributed by atoms with E-state index in [0.717, 1.165) is 19.0 Å². The molecule has 1 aliphatic carbocycles. The normalized spacial score (nSPS) is 19.4. The van der Waals surface area contributed by atoms with Crippen molar-refractivity contribution >= 4 is 0 Å². The van der Waals surface area contributed by atoms with Gasteiger partial charge in [-0.15, -0.1) is 0 Å². The predicted octanol–water partition coefficient (Wildman–Crippen LogP) is 1.10. The molecule has 0 radical (unpaired) electrons. The van der Waals surface area contributed by atoms with Crippen molar-refractivity contribution in [3.05, 3.63) is 0 Å². The monoisotopic (exact) mass is 157 g/mol. The van der Waals surface area contributed by atoms with Crippen molar-refractivity contribution in [1.82, 2.24) is 4.90 Å². The Balaban J connectivity index is 2.13. The first kappa shape index (κ1) is 9.01. The van der Waals surface area contributed by atoms with Crippen molar-refractivity contribution in [1.29, 1.82) is 0 Å². The molecule has 2 heteroatoms. The first-order valence-corrected chi connectivity index (χ1v) is 4.38. The third-order valence-electron chi connectivity index (χ3n) is 1.92. The minimum atomic E-state index is -0.538. The molecule has 1 fully saturated rings. The van der Waals surface area contributed by atoms with Crippen LogP contribution >= 0.6 is 0 Å². The lowest BCUT2D eigenvalue weighted by molar-refractivity contribution is 0.0434. The van der Waals surface area contributed by atoms with Crippen LogP contribution in [-0.4, -0.2) is 35.7 Å². The molecule has 0 amide bonds. The second kappa shape index (κ2) is 3.11. The van der Waals surface area contributed by atoms with E-state index in [-0.39, 0.29) is 0 Å². The maximum Gasteiger partial charge on any atom is 0.0718 e. The van der Waals surface area contributed by atoms with Gasteiger partial charge in [0, 0.05) is 13.1 Å². The Morgan fingerprint density at radius 1 is 1.45 bits per heavy atom. The number of likely N-dealkylation sites (N-methyl/N-ethyl adjacent to an activating group) is 1. The topological polar surface area (TPSA) is 23.5 Å². The fraction of sp³-hybridized carbons (Fsp3) is 1.00. The van der Waals surface area contributed by atoms with Crippen LogP contribution in [0.4, 0.5) is 0 Å². The zero-order chi connectivity index (χ0) is 8.48. The molecule has 66 valence electrons. The summed E-state index contributed by atoms with van der Waals surface area (Å²) in [6, 6.07) is 0. The lowest BCUT2D eigenvalue weighted by Crippen LogP contribution is -2.37. The van der Waals surface area contributed by atoms with Gasteiger partial charge in [0.2, 0.25) is 0 Å². The van der Waals surface area contributed by atoms with Gasteiger partial charge in [0.1, 0.15) is 0 Å². The molecule has 0 aromatic carbocycles. The fourth-order valence-corrected chi connectivity index (χ4v) is 1.47. The summed E-state index contributed by atoms with van der Waals surface area (Å²) in [5, 5.41) is 9.48. The second-order valence-electron chi connectivity index (χ2n) is 4.45. The van der Waals surface area contributed by atoms with Crippen molar-refractivity contribution in [3.8, 4) is 0 Å². The van der Waals surface area contributed by atoms with Gasteiger partial charge in [0.05, 0.1) is 5.60 Å². The molecule has 0 saturated heterocycles. The van der Waals surface area contributed by atoms with Crippen molar-refractivity contribution < 1.29 is 5.11 Å². The van der Waals surface area contributed by atoms with Crippen molar-refractivity contribution in [3.63, 3.8) is 0 Å². The van der Waals surface area contributed by atoms with Crippen LogP contribution in [0.1, 0.15) is 26.7 Å². The van der Waals surface area contributed by atoms with E-state index < -0.39 is 5.60 Å². The van der Waals surface area contributed by atoms with E-state index in [2.05, 4.69) is 11.9 Å². The Morgan fingerprint density at radius 3 is 2.36 bits per heavy atom. The van der Waals surface area contributed by atoms with E-state index in [1.54, 1.807) is 0 Å². The van der Waals surface area contributed by atoms with Gasteiger partial charge in [0.25, 0.3) is 0 Å². The lowest BCUT2D eigenvalue weighted by atomic mass is 10.1. The van der Waals surface area contributed by atoms with Crippen LogP contribution in [0.5, 0.6) is 0 Å². The molecule has 0 aromatic heterocycles. The van der Waals surface area contributed by atoms with Crippen molar-refractivity contribution in [2.45, 2.75) is 32.3 Å². The maximum atomic E-state index is 9.48. The molecule has 0 spiro atoms. The smallest absolute Gasteiger partial charge is 0.0718 e. The Hall–Kier alpha value is -0.0800. The van der Waals surface area contributed by atoms with Crippen molar-refractivity contribution in [2.24, 2.45) is 5.92 Å². The summed E-state index contributed by atoms with van der Waals surface area (Å²) >= 11 is 0. The zero-order valence-electron chi connectivity index (χ0n) is 7.80. The van der Waals surface area contributed by atoms with Crippen LogP contribution in [0, 0.1) is 5.92 Å². The largest absolute Gasteiger partial charge is 0.389 e. The van der Waals surface area contributed by atoms with Gasteiger partial charge in [0.15, 0.2) is 0 Å². The third-order valence-corrected chi connectivity index (χ3v) is 1.92. The third kappa shape index (κ3) is 4.38.